The minimum absolute atomic E-state index is 0.0541. The van der Waals surface area contributed by atoms with Crippen LogP contribution < -0.4 is 10.2 Å². The molecule has 2 aliphatic heterocycles. The lowest BCUT2D eigenvalue weighted by Gasteiger charge is -2.59. The van der Waals surface area contributed by atoms with E-state index in [9.17, 15) is 18.8 Å². The fourth-order valence-corrected chi connectivity index (χ4v) is 4.58. The van der Waals surface area contributed by atoms with Gasteiger partial charge in [0.25, 0.3) is 0 Å². The SMILES string of the molecule is COC(=O)CNC(=O)N1CCC2(CC1)C(=O)N(c1cccc(F)c1)C2c1ccccc1. The first-order valence-electron chi connectivity index (χ1n) is 10.2. The summed E-state index contributed by atoms with van der Waals surface area (Å²) in [6, 6.07) is 15.2. The fourth-order valence-electron chi connectivity index (χ4n) is 4.58. The zero-order valence-corrected chi connectivity index (χ0v) is 17.2. The highest BCUT2D eigenvalue weighted by Gasteiger charge is 2.62. The molecule has 0 aliphatic carbocycles. The standard InChI is InChI=1S/C23H24FN3O4/c1-31-19(28)15-25-22(30)26-12-10-23(11-13-26)20(16-6-3-2-4-7-16)27(21(23)29)18-9-5-8-17(24)14-18/h2-9,14,20H,10-13,15H2,1H3,(H,25,30). The molecule has 2 heterocycles. The van der Waals surface area contributed by atoms with Gasteiger partial charge in [0, 0.05) is 18.8 Å². The number of β-lactam (4-membered cyclic amide) rings is 1. The maximum Gasteiger partial charge on any atom is 0.325 e. The second-order valence-electron chi connectivity index (χ2n) is 7.85. The molecule has 1 N–H and O–H groups in total. The van der Waals surface area contributed by atoms with Gasteiger partial charge in [-0.05, 0) is 36.6 Å². The number of anilines is 1. The Morgan fingerprint density at radius 2 is 1.84 bits per heavy atom. The molecule has 7 nitrogen and oxygen atoms in total. The van der Waals surface area contributed by atoms with E-state index in [0.717, 1.165) is 5.56 Å². The molecular formula is C23H24FN3O4. The Hall–Kier alpha value is -3.42. The number of carbonyl (C=O) groups is 3. The normalized spacial score (nSPS) is 19.7. The molecule has 2 aliphatic rings. The van der Waals surface area contributed by atoms with Crippen molar-refractivity contribution in [2.75, 3.05) is 31.6 Å². The number of nitrogens with one attached hydrogen (secondary N) is 1. The fraction of sp³-hybridized carbons (Fsp3) is 0.348. The number of esters is 1. The molecule has 0 radical (unpaired) electrons. The first-order valence-corrected chi connectivity index (χ1v) is 10.2. The Morgan fingerprint density at radius 1 is 1.13 bits per heavy atom. The summed E-state index contributed by atoms with van der Waals surface area (Å²) in [5.41, 5.74) is 0.866. The van der Waals surface area contributed by atoms with Crippen molar-refractivity contribution in [3.05, 3.63) is 66.0 Å². The third-order valence-electron chi connectivity index (χ3n) is 6.18. The first-order chi connectivity index (χ1) is 15.0. The van der Waals surface area contributed by atoms with E-state index in [1.165, 1.54) is 19.2 Å². The number of hydrogen-bond donors (Lipinski definition) is 1. The smallest absolute Gasteiger partial charge is 0.325 e. The molecule has 162 valence electrons. The van der Waals surface area contributed by atoms with E-state index in [2.05, 4.69) is 10.1 Å². The topological polar surface area (TPSA) is 79.0 Å². The molecule has 0 bridgehead atoms. The number of hydrogen-bond acceptors (Lipinski definition) is 4. The highest BCUT2D eigenvalue weighted by molar-refractivity contribution is 6.06. The van der Waals surface area contributed by atoms with Gasteiger partial charge in [0.15, 0.2) is 0 Å². The molecule has 1 spiro atoms. The lowest BCUT2D eigenvalue weighted by molar-refractivity contribution is -0.144. The van der Waals surface area contributed by atoms with Crippen LogP contribution >= 0.6 is 0 Å². The number of likely N-dealkylation sites (tertiary alicyclic amines) is 1. The van der Waals surface area contributed by atoms with Crippen LogP contribution in [0.15, 0.2) is 54.6 Å². The zero-order valence-electron chi connectivity index (χ0n) is 17.2. The van der Waals surface area contributed by atoms with Crippen molar-refractivity contribution >= 4 is 23.6 Å². The van der Waals surface area contributed by atoms with Crippen LogP contribution in [0.4, 0.5) is 14.9 Å². The lowest BCUT2D eigenvalue weighted by atomic mass is 9.62. The van der Waals surface area contributed by atoms with Crippen LogP contribution in [0.25, 0.3) is 0 Å². The van der Waals surface area contributed by atoms with Crippen LogP contribution in [0.2, 0.25) is 0 Å². The minimum atomic E-state index is -0.646. The highest BCUT2D eigenvalue weighted by Crippen LogP contribution is 2.57. The Kier molecular flexibility index (Phi) is 5.63. The van der Waals surface area contributed by atoms with Gasteiger partial charge in [-0.3, -0.25) is 9.59 Å². The number of methoxy groups -OCH3 is 1. The molecule has 2 fully saturated rings. The van der Waals surface area contributed by atoms with Crippen molar-refractivity contribution in [2.45, 2.75) is 18.9 Å². The van der Waals surface area contributed by atoms with Gasteiger partial charge in [0.2, 0.25) is 5.91 Å². The third kappa shape index (κ3) is 3.73. The van der Waals surface area contributed by atoms with Gasteiger partial charge in [-0.25, -0.2) is 9.18 Å². The van der Waals surface area contributed by atoms with Crippen molar-refractivity contribution in [3.8, 4) is 0 Å². The number of nitrogens with zero attached hydrogens (tertiary/aromatic N) is 2. The summed E-state index contributed by atoms with van der Waals surface area (Å²) >= 11 is 0. The van der Waals surface area contributed by atoms with Crippen molar-refractivity contribution in [1.82, 2.24) is 10.2 Å². The monoisotopic (exact) mass is 425 g/mol. The van der Waals surface area contributed by atoms with E-state index in [4.69, 9.17) is 0 Å². The molecule has 1 atom stereocenters. The second-order valence-corrected chi connectivity index (χ2v) is 7.85. The van der Waals surface area contributed by atoms with E-state index in [1.807, 2.05) is 30.3 Å². The van der Waals surface area contributed by atoms with Crippen LogP contribution in [0, 0.1) is 11.2 Å². The average molecular weight is 425 g/mol. The van der Waals surface area contributed by atoms with Crippen molar-refractivity contribution in [2.24, 2.45) is 5.41 Å². The van der Waals surface area contributed by atoms with Gasteiger partial charge in [0.05, 0.1) is 18.6 Å². The van der Waals surface area contributed by atoms with Crippen LogP contribution in [0.3, 0.4) is 0 Å². The lowest BCUT2D eigenvalue weighted by Crippen LogP contribution is -2.67. The van der Waals surface area contributed by atoms with Crippen LogP contribution in [0.5, 0.6) is 0 Å². The number of urea groups is 1. The summed E-state index contributed by atoms with van der Waals surface area (Å²) in [5.74, 6) is -0.970. The van der Waals surface area contributed by atoms with Crippen LogP contribution in [0.1, 0.15) is 24.4 Å². The molecular weight excluding hydrogens is 401 g/mol. The summed E-state index contributed by atoms with van der Waals surface area (Å²) in [4.78, 5) is 40.3. The molecule has 1 unspecified atom stereocenters. The predicted molar refractivity (Wildman–Crippen MR) is 112 cm³/mol. The number of benzene rings is 2. The van der Waals surface area contributed by atoms with E-state index in [0.29, 0.717) is 31.6 Å². The van der Waals surface area contributed by atoms with Gasteiger partial charge < -0.3 is 19.9 Å². The number of carbonyl (C=O) groups excluding carboxylic acids is 3. The summed E-state index contributed by atoms with van der Waals surface area (Å²) in [7, 11) is 1.26. The van der Waals surface area contributed by atoms with E-state index in [-0.39, 0.29) is 24.5 Å². The average Bonchev–Trinajstić information content (AvgIpc) is 2.80. The predicted octanol–water partition coefficient (Wildman–Crippen LogP) is 2.88. The van der Waals surface area contributed by atoms with E-state index in [1.54, 1.807) is 21.9 Å². The zero-order chi connectivity index (χ0) is 22.0. The number of amides is 3. The summed E-state index contributed by atoms with van der Waals surface area (Å²) < 4.78 is 18.4. The number of piperidine rings is 1. The molecule has 2 aromatic carbocycles. The molecule has 0 saturated carbocycles. The molecule has 31 heavy (non-hydrogen) atoms. The van der Waals surface area contributed by atoms with Crippen molar-refractivity contribution in [3.63, 3.8) is 0 Å². The molecule has 8 heteroatoms. The molecule has 3 amide bonds. The quantitative estimate of drug-likeness (QED) is 0.604. The van der Waals surface area contributed by atoms with Gasteiger partial charge in [0.1, 0.15) is 12.4 Å². The van der Waals surface area contributed by atoms with Crippen molar-refractivity contribution < 1.29 is 23.5 Å². The van der Waals surface area contributed by atoms with Gasteiger partial charge in [-0.2, -0.15) is 0 Å². The largest absolute Gasteiger partial charge is 0.468 e. The van der Waals surface area contributed by atoms with Gasteiger partial charge in [-0.1, -0.05) is 36.4 Å². The minimum Gasteiger partial charge on any atom is -0.468 e. The van der Waals surface area contributed by atoms with Gasteiger partial charge in [-0.15, -0.1) is 0 Å². The Labute approximate surface area is 179 Å². The van der Waals surface area contributed by atoms with Crippen molar-refractivity contribution in [1.29, 1.82) is 0 Å². The third-order valence-corrected chi connectivity index (χ3v) is 6.18. The Bertz CT molecular complexity index is 989. The van der Waals surface area contributed by atoms with Gasteiger partial charge >= 0.3 is 12.0 Å². The Morgan fingerprint density at radius 3 is 2.48 bits per heavy atom. The van der Waals surface area contributed by atoms with Crippen LogP contribution in [-0.2, 0) is 14.3 Å². The summed E-state index contributed by atoms with van der Waals surface area (Å²) in [6.07, 6.45) is 0.978. The summed E-state index contributed by atoms with van der Waals surface area (Å²) in [6.45, 7) is 0.577. The molecule has 0 aromatic heterocycles. The Balaban J connectivity index is 1.54. The first kappa shape index (κ1) is 20.8. The van der Waals surface area contributed by atoms with E-state index < -0.39 is 17.2 Å². The second kappa shape index (κ2) is 8.37. The number of rotatable bonds is 4. The maximum atomic E-state index is 13.9. The highest BCUT2D eigenvalue weighted by atomic mass is 19.1. The van der Waals surface area contributed by atoms with Crippen LogP contribution in [-0.4, -0.2) is 49.6 Å². The molecule has 4 rings (SSSR count). The van der Waals surface area contributed by atoms with E-state index >= 15 is 0 Å². The number of halogens is 1. The molecule has 2 saturated heterocycles. The molecule has 2 aromatic rings. The summed E-state index contributed by atoms with van der Waals surface area (Å²) in [5, 5.41) is 2.54. The maximum absolute atomic E-state index is 13.9. The number of ether oxygens (including phenoxy) is 1.